The maximum Gasteiger partial charge on any atom is 0.255 e. The van der Waals surface area contributed by atoms with Crippen LogP contribution in [-0.2, 0) is 9.84 Å². The summed E-state index contributed by atoms with van der Waals surface area (Å²) in [4.78, 5) is 26.4. The van der Waals surface area contributed by atoms with Gasteiger partial charge in [0.05, 0.1) is 16.0 Å². The van der Waals surface area contributed by atoms with Crippen molar-refractivity contribution in [2.75, 3.05) is 25.1 Å². The van der Waals surface area contributed by atoms with Gasteiger partial charge >= 0.3 is 0 Å². The van der Waals surface area contributed by atoms with Crippen LogP contribution in [0.3, 0.4) is 0 Å². The van der Waals surface area contributed by atoms with E-state index >= 15 is 0 Å². The number of halogens is 1. The number of nitrogens with zero attached hydrogens (tertiary/aromatic N) is 4. The average Bonchev–Trinajstić information content (AvgIpc) is 2.82. The van der Waals surface area contributed by atoms with Gasteiger partial charge in [-0.1, -0.05) is 0 Å². The Bertz CT molecular complexity index is 1340. The Labute approximate surface area is 201 Å². The van der Waals surface area contributed by atoms with E-state index in [4.69, 9.17) is 15.2 Å². The van der Waals surface area contributed by atoms with E-state index in [2.05, 4.69) is 15.0 Å². The lowest BCUT2D eigenvalue weighted by Crippen LogP contribution is -2.42. The van der Waals surface area contributed by atoms with Gasteiger partial charge in [-0.25, -0.2) is 27.8 Å². The number of hydrogen-bond donors (Lipinski definition) is 1. The summed E-state index contributed by atoms with van der Waals surface area (Å²) in [7, 11) is -3.55. The minimum Gasteiger partial charge on any atom is -0.474 e. The van der Waals surface area contributed by atoms with Crippen molar-refractivity contribution >= 4 is 21.6 Å². The van der Waals surface area contributed by atoms with Crippen molar-refractivity contribution in [2.24, 2.45) is 0 Å². The van der Waals surface area contributed by atoms with E-state index in [1.165, 1.54) is 24.7 Å². The largest absolute Gasteiger partial charge is 0.474 e. The molecule has 1 amide bonds. The highest BCUT2D eigenvalue weighted by molar-refractivity contribution is 7.90. The number of sulfone groups is 1. The van der Waals surface area contributed by atoms with Crippen LogP contribution in [0.2, 0.25) is 0 Å². The summed E-state index contributed by atoms with van der Waals surface area (Å²) in [6.07, 6.45) is 4.70. The van der Waals surface area contributed by atoms with Gasteiger partial charge in [0.1, 0.15) is 18.2 Å². The van der Waals surface area contributed by atoms with Crippen LogP contribution < -0.4 is 15.2 Å². The van der Waals surface area contributed by atoms with E-state index in [9.17, 15) is 17.6 Å². The van der Waals surface area contributed by atoms with Gasteiger partial charge in [-0.3, -0.25) is 4.79 Å². The fraction of sp³-hybridized carbons (Fsp3) is 0.304. The van der Waals surface area contributed by atoms with E-state index < -0.39 is 15.7 Å². The molecule has 2 aromatic heterocycles. The van der Waals surface area contributed by atoms with Gasteiger partial charge in [-0.15, -0.1) is 0 Å². The number of hydrogen-bond acceptors (Lipinski definition) is 9. The highest BCUT2D eigenvalue weighted by Crippen LogP contribution is 2.31. The van der Waals surface area contributed by atoms with Gasteiger partial charge in [-0.05, 0) is 37.3 Å². The summed E-state index contributed by atoms with van der Waals surface area (Å²) >= 11 is 0. The highest BCUT2D eigenvalue weighted by atomic mass is 32.2. The Kier molecular flexibility index (Phi) is 6.83. The molecule has 1 aliphatic rings. The quantitative estimate of drug-likeness (QED) is 0.540. The minimum absolute atomic E-state index is 0.0875. The SMILES string of the molecule is Cc1c(Oc2ccc(S(C)(=O)=O)cc2F)ncnc1OC1CCN(C(=O)c2ccc(N)nc2)CC1. The Morgan fingerprint density at radius 3 is 2.46 bits per heavy atom. The molecule has 0 aliphatic carbocycles. The van der Waals surface area contributed by atoms with Crippen LogP contribution in [0.25, 0.3) is 0 Å². The van der Waals surface area contributed by atoms with Gasteiger partial charge < -0.3 is 20.1 Å². The smallest absolute Gasteiger partial charge is 0.255 e. The number of nitrogen functional groups attached to an aromatic ring is 1. The number of ether oxygens (including phenoxy) is 2. The maximum absolute atomic E-state index is 14.4. The van der Waals surface area contributed by atoms with Crippen LogP contribution in [0.1, 0.15) is 28.8 Å². The molecule has 4 rings (SSSR count). The summed E-state index contributed by atoms with van der Waals surface area (Å²) < 4.78 is 49.2. The van der Waals surface area contributed by atoms with E-state index in [0.29, 0.717) is 42.9 Å². The van der Waals surface area contributed by atoms with Gasteiger partial charge in [0.2, 0.25) is 11.8 Å². The Morgan fingerprint density at radius 1 is 1.11 bits per heavy atom. The molecule has 1 aromatic carbocycles. The third-order valence-electron chi connectivity index (χ3n) is 5.57. The zero-order valence-corrected chi connectivity index (χ0v) is 20.0. The second-order valence-corrected chi connectivity index (χ2v) is 10.2. The zero-order chi connectivity index (χ0) is 25.2. The zero-order valence-electron chi connectivity index (χ0n) is 19.1. The molecular weight excluding hydrogens is 477 g/mol. The van der Waals surface area contributed by atoms with Crippen LogP contribution in [-0.4, -0.2) is 59.6 Å². The number of amides is 1. The molecule has 1 saturated heterocycles. The fourth-order valence-electron chi connectivity index (χ4n) is 3.59. The van der Waals surface area contributed by atoms with Gasteiger partial charge in [0.25, 0.3) is 5.91 Å². The maximum atomic E-state index is 14.4. The summed E-state index contributed by atoms with van der Waals surface area (Å²) in [6.45, 7) is 2.68. The number of benzene rings is 1. The number of anilines is 1. The first-order valence-electron chi connectivity index (χ1n) is 10.8. The third kappa shape index (κ3) is 5.65. The predicted octanol–water partition coefficient (Wildman–Crippen LogP) is 2.78. The summed E-state index contributed by atoms with van der Waals surface area (Å²) in [6, 6.07) is 6.63. The molecule has 0 spiro atoms. The van der Waals surface area contributed by atoms with Crippen molar-refractivity contribution in [1.82, 2.24) is 19.9 Å². The molecule has 0 unspecified atom stereocenters. The molecular formula is C23H24FN5O5S. The number of rotatable bonds is 6. The normalized spacial score (nSPS) is 14.5. The van der Waals surface area contributed by atoms with Crippen LogP contribution in [0.15, 0.2) is 47.8 Å². The van der Waals surface area contributed by atoms with Gasteiger partial charge in [0, 0.05) is 38.4 Å². The van der Waals surface area contributed by atoms with Crippen molar-refractivity contribution in [3.63, 3.8) is 0 Å². The number of pyridine rings is 1. The first-order valence-corrected chi connectivity index (χ1v) is 12.7. The molecule has 2 N–H and O–H groups in total. The Morgan fingerprint density at radius 2 is 1.83 bits per heavy atom. The molecule has 0 radical (unpaired) electrons. The second-order valence-electron chi connectivity index (χ2n) is 8.16. The number of likely N-dealkylation sites (tertiary alicyclic amines) is 1. The van der Waals surface area contributed by atoms with Crippen LogP contribution >= 0.6 is 0 Å². The van der Waals surface area contributed by atoms with Crippen LogP contribution in [0.5, 0.6) is 17.5 Å². The molecule has 0 bridgehead atoms. The van der Waals surface area contributed by atoms with Crippen molar-refractivity contribution in [2.45, 2.75) is 30.8 Å². The number of carbonyl (C=O) groups is 1. The lowest BCUT2D eigenvalue weighted by Gasteiger charge is -2.32. The molecule has 0 atom stereocenters. The van der Waals surface area contributed by atoms with Crippen LogP contribution in [0, 0.1) is 12.7 Å². The molecule has 3 aromatic rings. The number of aromatic nitrogens is 3. The monoisotopic (exact) mass is 501 g/mol. The topological polar surface area (TPSA) is 138 Å². The first-order chi connectivity index (χ1) is 16.6. The average molecular weight is 502 g/mol. The predicted molar refractivity (Wildman–Crippen MR) is 125 cm³/mol. The molecule has 184 valence electrons. The number of nitrogens with two attached hydrogens (primary N) is 1. The third-order valence-corrected chi connectivity index (χ3v) is 6.68. The first kappa shape index (κ1) is 24.3. The lowest BCUT2D eigenvalue weighted by atomic mass is 10.1. The summed E-state index contributed by atoms with van der Waals surface area (Å²) in [5, 5.41) is 0. The molecule has 10 nitrogen and oxygen atoms in total. The van der Waals surface area contributed by atoms with Crippen molar-refractivity contribution in [3.05, 3.63) is 59.8 Å². The summed E-state index contributed by atoms with van der Waals surface area (Å²) in [5.74, 6) is -0.393. The van der Waals surface area contributed by atoms with Crippen molar-refractivity contribution in [1.29, 1.82) is 0 Å². The number of piperidine rings is 1. The molecule has 1 aliphatic heterocycles. The summed E-state index contributed by atoms with van der Waals surface area (Å²) in [5.41, 5.74) is 6.52. The fourth-order valence-corrected chi connectivity index (χ4v) is 4.22. The standard InChI is InChI=1S/C23H24FN5O5S/c1-14-21(27-13-28-22(14)34-19-5-4-17(11-18(19)24)35(2,31)32)33-16-7-9-29(10-8-16)23(30)15-3-6-20(25)26-12-15/h3-6,11-13,16H,7-10H2,1-2H3,(H2,25,26). The van der Waals surface area contributed by atoms with Gasteiger partial charge in [-0.2, -0.15) is 0 Å². The van der Waals surface area contributed by atoms with Crippen molar-refractivity contribution in [3.8, 4) is 17.5 Å². The van der Waals surface area contributed by atoms with E-state index in [1.54, 1.807) is 24.0 Å². The van der Waals surface area contributed by atoms with E-state index in [-0.39, 0.29) is 34.4 Å². The molecule has 0 saturated carbocycles. The Hall–Kier alpha value is -3.80. The molecule has 3 heterocycles. The minimum atomic E-state index is -3.55. The molecule has 35 heavy (non-hydrogen) atoms. The van der Waals surface area contributed by atoms with E-state index in [0.717, 1.165) is 12.3 Å². The van der Waals surface area contributed by atoms with E-state index in [1.807, 2.05) is 0 Å². The Balaban J connectivity index is 1.40. The van der Waals surface area contributed by atoms with Crippen molar-refractivity contribution < 1.29 is 27.1 Å². The molecule has 1 fully saturated rings. The van der Waals surface area contributed by atoms with Crippen LogP contribution in [0.4, 0.5) is 10.2 Å². The molecule has 12 heteroatoms. The number of carbonyl (C=O) groups excluding carboxylic acids is 1. The van der Waals surface area contributed by atoms with Gasteiger partial charge in [0.15, 0.2) is 21.4 Å². The lowest BCUT2D eigenvalue weighted by molar-refractivity contribution is 0.0585. The second kappa shape index (κ2) is 9.82. The highest BCUT2D eigenvalue weighted by Gasteiger charge is 2.26.